The van der Waals surface area contributed by atoms with Gasteiger partial charge in [-0.05, 0) is 62.6 Å². The van der Waals surface area contributed by atoms with Gasteiger partial charge in [-0.3, -0.25) is 9.36 Å². The van der Waals surface area contributed by atoms with Crippen molar-refractivity contribution < 1.29 is 9.53 Å². The summed E-state index contributed by atoms with van der Waals surface area (Å²) in [5.74, 6) is 0.765. The number of aromatic nitrogens is 2. The number of nitriles is 1. The molecule has 0 saturated carbocycles. The molecule has 4 aromatic rings. The van der Waals surface area contributed by atoms with Crippen molar-refractivity contribution in [3.63, 3.8) is 0 Å². The van der Waals surface area contributed by atoms with Crippen LogP contribution in [0.1, 0.15) is 35.2 Å². The average molecular weight is 462 g/mol. The van der Waals surface area contributed by atoms with Gasteiger partial charge in [0, 0.05) is 38.7 Å². The highest BCUT2D eigenvalue weighted by Crippen LogP contribution is 2.44. The van der Waals surface area contributed by atoms with E-state index in [2.05, 4.69) is 33.1 Å². The van der Waals surface area contributed by atoms with Gasteiger partial charge in [-0.15, -0.1) is 22.7 Å². The third kappa shape index (κ3) is 4.38. The Bertz CT molecular complexity index is 1310. The summed E-state index contributed by atoms with van der Waals surface area (Å²) in [6.07, 6.45) is 4.74. The molecule has 0 amide bonds. The normalized spacial score (nSPS) is 10.8. The van der Waals surface area contributed by atoms with Crippen molar-refractivity contribution in [1.82, 2.24) is 9.55 Å². The van der Waals surface area contributed by atoms with Gasteiger partial charge in [-0.1, -0.05) is 6.07 Å². The van der Waals surface area contributed by atoms with Crippen molar-refractivity contribution in [2.24, 2.45) is 0 Å². The SMILES string of the molecule is CCOC(=O)CCc1scc(-c2ccc(-n3ccnc3C)s2)c1-c1ccc(C#N)cc1C. The second-order valence-corrected chi connectivity index (χ2v) is 9.40. The molecule has 0 bridgehead atoms. The number of hydrogen-bond donors (Lipinski definition) is 0. The van der Waals surface area contributed by atoms with Crippen LogP contribution in [0.15, 0.2) is 48.1 Å². The minimum atomic E-state index is -0.182. The summed E-state index contributed by atoms with van der Waals surface area (Å²) in [4.78, 5) is 18.6. The average Bonchev–Trinajstić information content (AvgIpc) is 3.51. The van der Waals surface area contributed by atoms with Crippen LogP contribution < -0.4 is 0 Å². The van der Waals surface area contributed by atoms with Crippen LogP contribution in [-0.4, -0.2) is 22.1 Å². The van der Waals surface area contributed by atoms with E-state index >= 15 is 0 Å². The minimum absolute atomic E-state index is 0.182. The van der Waals surface area contributed by atoms with Crippen molar-refractivity contribution in [3.05, 3.63) is 69.9 Å². The molecular weight excluding hydrogens is 438 g/mol. The maximum absolute atomic E-state index is 12.0. The van der Waals surface area contributed by atoms with Gasteiger partial charge in [-0.2, -0.15) is 5.26 Å². The molecule has 0 N–H and O–H groups in total. The Hall–Kier alpha value is -3.21. The summed E-state index contributed by atoms with van der Waals surface area (Å²) >= 11 is 3.38. The summed E-state index contributed by atoms with van der Waals surface area (Å²) in [5, 5.41) is 12.6. The molecule has 0 unspecified atom stereocenters. The zero-order valence-electron chi connectivity index (χ0n) is 18.2. The molecule has 3 heterocycles. The third-order valence-electron chi connectivity index (χ3n) is 5.27. The maximum atomic E-state index is 12.0. The fourth-order valence-corrected chi connectivity index (χ4v) is 5.93. The Morgan fingerprint density at radius 1 is 1.22 bits per heavy atom. The van der Waals surface area contributed by atoms with Crippen LogP contribution in [0.25, 0.3) is 26.6 Å². The van der Waals surface area contributed by atoms with Crippen molar-refractivity contribution in [1.29, 1.82) is 5.26 Å². The van der Waals surface area contributed by atoms with Gasteiger partial charge in [0.25, 0.3) is 0 Å². The predicted molar refractivity (Wildman–Crippen MR) is 129 cm³/mol. The van der Waals surface area contributed by atoms with E-state index in [4.69, 9.17) is 4.74 Å². The fraction of sp³-hybridized carbons (Fsp3) is 0.240. The van der Waals surface area contributed by atoms with Gasteiger partial charge in [0.2, 0.25) is 0 Å². The number of benzene rings is 1. The lowest BCUT2D eigenvalue weighted by Gasteiger charge is -2.11. The monoisotopic (exact) mass is 461 g/mol. The second-order valence-electron chi connectivity index (χ2n) is 7.38. The van der Waals surface area contributed by atoms with E-state index in [-0.39, 0.29) is 5.97 Å². The number of thiophene rings is 2. The highest BCUT2D eigenvalue weighted by Gasteiger charge is 2.20. The molecule has 0 fully saturated rings. The van der Waals surface area contributed by atoms with E-state index in [1.165, 1.54) is 0 Å². The molecule has 5 nitrogen and oxygen atoms in total. The van der Waals surface area contributed by atoms with Gasteiger partial charge < -0.3 is 4.74 Å². The Kier molecular flexibility index (Phi) is 6.54. The summed E-state index contributed by atoms with van der Waals surface area (Å²) in [6, 6.07) is 12.3. The van der Waals surface area contributed by atoms with Crippen molar-refractivity contribution in [2.75, 3.05) is 6.61 Å². The lowest BCUT2D eigenvalue weighted by Crippen LogP contribution is -2.05. The molecule has 0 atom stereocenters. The van der Waals surface area contributed by atoms with Crippen LogP contribution in [0.2, 0.25) is 0 Å². The number of carbonyl (C=O) groups is 1. The van der Waals surface area contributed by atoms with Crippen molar-refractivity contribution in [2.45, 2.75) is 33.6 Å². The summed E-state index contributed by atoms with van der Waals surface area (Å²) in [5.41, 5.74) is 5.06. The van der Waals surface area contributed by atoms with E-state index in [9.17, 15) is 10.1 Å². The molecule has 3 aromatic heterocycles. The Morgan fingerprint density at radius 2 is 2.06 bits per heavy atom. The Labute approximate surface area is 195 Å². The molecule has 4 rings (SSSR count). The van der Waals surface area contributed by atoms with Crippen LogP contribution in [0.5, 0.6) is 0 Å². The quantitative estimate of drug-likeness (QED) is 0.302. The first kappa shape index (κ1) is 22.0. The van der Waals surface area contributed by atoms with Gasteiger partial charge in [-0.25, -0.2) is 4.98 Å². The standard InChI is InChI=1S/C25H23N3O2S2/c1-4-30-24(29)10-8-22-25(19-6-5-18(14-26)13-16(19)2)20(15-31-22)21-7-9-23(32-21)28-12-11-27-17(28)3/h5-7,9,11-13,15H,4,8,10H2,1-3H3. The number of imidazole rings is 1. The van der Waals surface area contributed by atoms with E-state index in [1.54, 1.807) is 28.9 Å². The number of esters is 1. The molecule has 7 heteroatoms. The van der Waals surface area contributed by atoms with Crippen LogP contribution in [0, 0.1) is 25.2 Å². The highest BCUT2D eigenvalue weighted by atomic mass is 32.1. The molecule has 0 aliphatic carbocycles. The molecule has 0 spiro atoms. The zero-order chi connectivity index (χ0) is 22.7. The lowest BCUT2D eigenvalue weighted by atomic mass is 9.94. The summed E-state index contributed by atoms with van der Waals surface area (Å²) in [6.45, 7) is 6.23. The molecule has 1 aromatic carbocycles. The molecular formula is C25H23N3O2S2. The molecule has 0 saturated heterocycles. The van der Waals surface area contributed by atoms with Crippen LogP contribution >= 0.6 is 22.7 Å². The van der Waals surface area contributed by atoms with E-state index in [1.807, 2.05) is 45.2 Å². The number of rotatable bonds is 7. The number of hydrogen-bond acceptors (Lipinski definition) is 6. The van der Waals surface area contributed by atoms with Crippen LogP contribution in [0.3, 0.4) is 0 Å². The first-order chi connectivity index (χ1) is 15.5. The lowest BCUT2D eigenvalue weighted by molar-refractivity contribution is -0.143. The largest absolute Gasteiger partial charge is 0.466 e. The van der Waals surface area contributed by atoms with Gasteiger partial charge in [0.05, 0.1) is 24.7 Å². The van der Waals surface area contributed by atoms with Gasteiger partial charge in [0.1, 0.15) is 10.8 Å². The third-order valence-corrected chi connectivity index (χ3v) is 7.44. The number of ether oxygens (including phenoxy) is 1. The first-order valence-electron chi connectivity index (χ1n) is 10.4. The Balaban J connectivity index is 1.78. The smallest absolute Gasteiger partial charge is 0.306 e. The second kappa shape index (κ2) is 9.51. The molecule has 0 radical (unpaired) electrons. The number of carbonyl (C=O) groups excluding carboxylic acids is 1. The van der Waals surface area contributed by atoms with Crippen LogP contribution in [-0.2, 0) is 16.0 Å². The van der Waals surface area contributed by atoms with E-state index < -0.39 is 0 Å². The molecule has 32 heavy (non-hydrogen) atoms. The number of aryl methyl sites for hydroxylation is 3. The maximum Gasteiger partial charge on any atom is 0.306 e. The van der Waals surface area contributed by atoms with E-state index in [0.29, 0.717) is 25.0 Å². The first-order valence-corrected chi connectivity index (χ1v) is 12.1. The zero-order valence-corrected chi connectivity index (χ0v) is 19.8. The highest BCUT2D eigenvalue weighted by molar-refractivity contribution is 7.18. The van der Waals surface area contributed by atoms with E-state index in [0.717, 1.165) is 42.8 Å². The predicted octanol–water partition coefficient (Wildman–Crippen LogP) is 6.31. The van der Waals surface area contributed by atoms with Crippen molar-refractivity contribution in [3.8, 4) is 32.6 Å². The molecule has 162 valence electrons. The number of nitrogens with zero attached hydrogens (tertiary/aromatic N) is 3. The molecule has 0 aliphatic rings. The fourth-order valence-electron chi connectivity index (χ4n) is 3.73. The van der Waals surface area contributed by atoms with Crippen molar-refractivity contribution >= 4 is 28.6 Å². The minimum Gasteiger partial charge on any atom is -0.466 e. The topological polar surface area (TPSA) is 67.9 Å². The van der Waals surface area contributed by atoms with Gasteiger partial charge >= 0.3 is 5.97 Å². The summed E-state index contributed by atoms with van der Waals surface area (Å²) < 4.78 is 7.21. The van der Waals surface area contributed by atoms with Crippen LogP contribution in [0.4, 0.5) is 0 Å². The summed E-state index contributed by atoms with van der Waals surface area (Å²) in [7, 11) is 0. The van der Waals surface area contributed by atoms with Gasteiger partial charge in [0.15, 0.2) is 0 Å². The molecule has 0 aliphatic heterocycles. The Morgan fingerprint density at radius 3 is 2.75 bits per heavy atom.